The van der Waals surface area contributed by atoms with Gasteiger partial charge >= 0.3 is 5.69 Å². The molecule has 0 bridgehead atoms. The van der Waals surface area contributed by atoms with Crippen molar-refractivity contribution in [2.24, 2.45) is 0 Å². The molecule has 1 aliphatic rings. The van der Waals surface area contributed by atoms with Crippen molar-refractivity contribution in [3.8, 4) is 5.75 Å². The maximum atomic E-state index is 15.8. The normalized spacial score (nSPS) is 23.8. The van der Waals surface area contributed by atoms with Gasteiger partial charge in [0, 0.05) is 25.5 Å². The van der Waals surface area contributed by atoms with Crippen molar-refractivity contribution >= 4 is 0 Å². The fraction of sp³-hybridized carbons (Fsp3) is 0.615. The van der Waals surface area contributed by atoms with E-state index in [0.717, 1.165) is 28.4 Å². The number of aromatic nitrogens is 2. The second kappa shape index (κ2) is 13.1. The molecule has 0 unspecified atom stereocenters. The predicted octanol–water partition coefficient (Wildman–Crippen LogP) is 3.64. The van der Waals surface area contributed by atoms with Gasteiger partial charge < -0.3 is 18.9 Å². The number of methoxy groups -OCH3 is 1. The molecule has 3 rings (SSSR count). The zero-order valence-electron chi connectivity index (χ0n) is 21.2. The highest BCUT2D eigenvalue weighted by atomic mass is 19.1. The van der Waals surface area contributed by atoms with Crippen LogP contribution in [-0.2, 0) is 20.8 Å². The third-order valence-electron chi connectivity index (χ3n) is 6.32. The smallest absolute Gasteiger partial charge is 0.333 e. The van der Waals surface area contributed by atoms with Gasteiger partial charge in [-0.1, -0.05) is 38.8 Å². The van der Waals surface area contributed by atoms with E-state index in [9.17, 15) is 14.0 Å². The van der Waals surface area contributed by atoms with Crippen molar-refractivity contribution in [1.29, 1.82) is 0 Å². The number of hydrogen-bond donors (Lipinski definition) is 0. The molecule has 1 saturated heterocycles. The monoisotopic (exact) mass is 510 g/mol. The maximum absolute atomic E-state index is 15.8. The van der Waals surface area contributed by atoms with Gasteiger partial charge in [-0.15, -0.1) is 0 Å². The Balaban J connectivity index is 1.92. The number of rotatable bonds is 14. The number of nitrogens with zero attached hydrogens (tertiary/aromatic N) is 2. The van der Waals surface area contributed by atoms with Gasteiger partial charge in [-0.05, 0) is 30.5 Å². The number of benzene rings is 1. The molecule has 2 aromatic rings. The molecule has 1 aromatic heterocycles. The molecule has 0 radical (unpaired) electrons. The van der Waals surface area contributed by atoms with Gasteiger partial charge in [0.15, 0.2) is 18.0 Å². The molecule has 200 valence electrons. The minimum atomic E-state index is -1.85. The first-order valence-corrected chi connectivity index (χ1v) is 12.4. The van der Waals surface area contributed by atoms with Crippen molar-refractivity contribution in [3.63, 3.8) is 0 Å². The Labute approximate surface area is 209 Å². The van der Waals surface area contributed by atoms with Crippen LogP contribution in [0.2, 0.25) is 0 Å². The molecule has 0 saturated carbocycles. The topological polar surface area (TPSA) is 80.9 Å². The summed E-state index contributed by atoms with van der Waals surface area (Å²) in [7, 11) is 1.54. The Hall–Kier alpha value is -2.56. The number of alkyl halides is 2. The SMILES string of the molecule is CCCCOC[C@@]1(CF)O[C@@H](n2ccc(=O)n(Cc3ccc(OC)cc3)c2=O)[C@H](F)[C@@H]1OCCCC. The number of unbranched alkanes of at least 4 members (excludes halogenated alkanes) is 2. The zero-order chi connectivity index (χ0) is 26.1. The van der Waals surface area contributed by atoms with Gasteiger partial charge in [0.1, 0.15) is 18.5 Å². The number of ether oxygens (including phenoxy) is 4. The van der Waals surface area contributed by atoms with Crippen LogP contribution < -0.4 is 16.0 Å². The Morgan fingerprint density at radius 2 is 1.75 bits per heavy atom. The summed E-state index contributed by atoms with van der Waals surface area (Å²) in [5.74, 6) is 0.633. The van der Waals surface area contributed by atoms with Gasteiger partial charge in [-0.3, -0.25) is 13.9 Å². The van der Waals surface area contributed by atoms with Gasteiger partial charge in [0.05, 0.1) is 20.3 Å². The summed E-state index contributed by atoms with van der Waals surface area (Å²) < 4.78 is 54.7. The molecule has 0 amide bonds. The predicted molar refractivity (Wildman–Crippen MR) is 131 cm³/mol. The molecule has 0 N–H and O–H groups in total. The minimum Gasteiger partial charge on any atom is -0.497 e. The van der Waals surface area contributed by atoms with Crippen LogP contribution in [0.15, 0.2) is 46.1 Å². The Kier molecular flexibility index (Phi) is 10.2. The third kappa shape index (κ3) is 6.22. The van der Waals surface area contributed by atoms with E-state index in [4.69, 9.17) is 18.9 Å². The molecule has 1 aliphatic heterocycles. The van der Waals surface area contributed by atoms with Crippen molar-refractivity contribution in [2.75, 3.05) is 33.6 Å². The second-order valence-electron chi connectivity index (χ2n) is 8.98. The molecule has 2 heterocycles. The van der Waals surface area contributed by atoms with Crippen LogP contribution in [0.1, 0.15) is 51.3 Å². The van der Waals surface area contributed by atoms with E-state index < -0.39 is 42.0 Å². The van der Waals surface area contributed by atoms with Crippen LogP contribution in [-0.4, -0.2) is 60.6 Å². The van der Waals surface area contributed by atoms with Crippen LogP contribution in [0, 0.1) is 0 Å². The fourth-order valence-electron chi connectivity index (χ4n) is 4.16. The first-order chi connectivity index (χ1) is 17.4. The summed E-state index contributed by atoms with van der Waals surface area (Å²) in [6.07, 6.45) is -0.272. The van der Waals surface area contributed by atoms with Gasteiger partial charge in [0.25, 0.3) is 5.56 Å². The van der Waals surface area contributed by atoms with Crippen molar-refractivity contribution in [2.45, 2.75) is 70.2 Å². The quantitative estimate of drug-likeness (QED) is 0.361. The highest BCUT2D eigenvalue weighted by molar-refractivity contribution is 5.27. The zero-order valence-corrected chi connectivity index (χ0v) is 21.2. The summed E-state index contributed by atoms with van der Waals surface area (Å²) in [4.78, 5) is 25.8. The number of hydrogen-bond acceptors (Lipinski definition) is 6. The maximum Gasteiger partial charge on any atom is 0.333 e. The van der Waals surface area contributed by atoms with E-state index >= 15 is 4.39 Å². The molecule has 0 aliphatic carbocycles. The molecular weight excluding hydrogens is 474 g/mol. The van der Waals surface area contributed by atoms with E-state index in [1.54, 1.807) is 24.3 Å². The van der Waals surface area contributed by atoms with Gasteiger partial charge in [-0.25, -0.2) is 13.6 Å². The summed E-state index contributed by atoms with van der Waals surface area (Å²) in [6.45, 7) is 3.27. The lowest BCUT2D eigenvalue weighted by Gasteiger charge is -2.31. The third-order valence-corrected chi connectivity index (χ3v) is 6.32. The van der Waals surface area contributed by atoms with E-state index in [-0.39, 0.29) is 19.8 Å². The summed E-state index contributed by atoms with van der Waals surface area (Å²) in [5, 5.41) is 0. The van der Waals surface area contributed by atoms with Crippen LogP contribution in [0.5, 0.6) is 5.75 Å². The second-order valence-corrected chi connectivity index (χ2v) is 8.98. The molecule has 36 heavy (non-hydrogen) atoms. The lowest BCUT2D eigenvalue weighted by Crippen LogP contribution is -2.50. The average molecular weight is 511 g/mol. The summed E-state index contributed by atoms with van der Waals surface area (Å²) in [6, 6.07) is 8.05. The van der Waals surface area contributed by atoms with E-state index in [2.05, 4.69) is 0 Å². The van der Waals surface area contributed by atoms with E-state index in [1.807, 2.05) is 13.8 Å². The molecule has 1 aromatic carbocycles. The molecule has 8 nitrogen and oxygen atoms in total. The van der Waals surface area contributed by atoms with Gasteiger partial charge in [0.2, 0.25) is 0 Å². The highest BCUT2D eigenvalue weighted by Gasteiger charge is 2.58. The fourth-order valence-corrected chi connectivity index (χ4v) is 4.16. The summed E-state index contributed by atoms with van der Waals surface area (Å²) >= 11 is 0. The number of halogens is 2. The van der Waals surface area contributed by atoms with Crippen molar-refractivity contribution in [3.05, 3.63) is 62.9 Å². The molecule has 4 atom stereocenters. The van der Waals surface area contributed by atoms with Gasteiger partial charge in [-0.2, -0.15) is 0 Å². The first-order valence-electron chi connectivity index (χ1n) is 12.4. The van der Waals surface area contributed by atoms with E-state index in [1.165, 1.54) is 19.4 Å². The standard InChI is InChI=1S/C26H36F2N2O6/c1-4-6-14-34-18-26(17-27)23(35-15-7-5-2)22(28)24(36-26)29-13-12-21(31)30(25(29)32)16-19-8-10-20(33-3)11-9-19/h8-13,22-24H,4-7,14-18H2,1-3H3/t22-,23+,24-,26-/m1/s1. The molecular formula is C26H36F2N2O6. The Morgan fingerprint density at radius 3 is 2.39 bits per heavy atom. The molecule has 10 heteroatoms. The largest absolute Gasteiger partial charge is 0.497 e. The first kappa shape index (κ1) is 28.0. The van der Waals surface area contributed by atoms with E-state index in [0.29, 0.717) is 24.3 Å². The summed E-state index contributed by atoms with van der Waals surface area (Å²) in [5.41, 5.74) is -2.34. The Morgan fingerprint density at radius 1 is 1.06 bits per heavy atom. The van der Waals surface area contributed by atoms with Crippen molar-refractivity contribution in [1.82, 2.24) is 9.13 Å². The Bertz CT molecular complexity index is 1070. The van der Waals surface area contributed by atoms with Crippen LogP contribution >= 0.6 is 0 Å². The average Bonchev–Trinajstić information content (AvgIpc) is 3.16. The van der Waals surface area contributed by atoms with Crippen LogP contribution in [0.3, 0.4) is 0 Å². The molecule has 1 fully saturated rings. The highest BCUT2D eigenvalue weighted by Crippen LogP contribution is 2.41. The molecule has 0 spiro atoms. The van der Waals surface area contributed by atoms with Crippen LogP contribution in [0.25, 0.3) is 0 Å². The lowest BCUT2D eigenvalue weighted by molar-refractivity contribution is -0.161. The van der Waals surface area contributed by atoms with Crippen LogP contribution in [0.4, 0.5) is 8.78 Å². The minimum absolute atomic E-state index is 0.0308. The lowest BCUT2D eigenvalue weighted by atomic mass is 9.97. The van der Waals surface area contributed by atoms with Crippen molar-refractivity contribution < 1.29 is 27.7 Å².